The number of H-pyrrole nitrogens is 1. The number of rotatable bonds is 7. The van der Waals surface area contributed by atoms with Crippen molar-refractivity contribution in [3.05, 3.63) is 102 Å². The quantitative estimate of drug-likeness (QED) is 0.194. The van der Waals surface area contributed by atoms with Crippen molar-refractivity contribution in [3.8, 4) is 5.75 Å². The number of ether oxygens (including phenoxy) is 1. The number of alkyl halides is 3. The number of anilines is 1. The number of hydrogen-bond acceptors (Lipinski definition) is 4. The van der Waals surface area contributed by atoms with Crippen molar-refractivity contribution < 1.29 is 22.7 Å². The second kappa shape index (κ2) is 11.2. The molecular weight excluding hydrogens is 529 g/mol. The van der Waals surface area contributed by atoms with E-state index in [-0.39, 0.29) is 23.5 Å². The van der Waals surface area contributed by atoms with Gasteiger partial charge in [-0.25, -0.2) is 4.98 Å². The smallest absolute Gasteiger partial charge is 0.433 e. The van der Waals surface area contributed by atoms with Gasteiger partial charge in [-0.15, -0.1) is 0 Å². The summed E-state index contributed by atoms with van der Waals surface area (Å²) >= 11 is 0. The van der Waals surface area contributed by atoms with Crippen LogP contribution in [0, 0.1) is 0 Å². The third-order valence-electron chi connectivity index (χ3n) is 7.53. The third kappa shape index (κ3) is 5.84. The van der Waals surface area contributed by atoms with Crippen molar-refractivity contribution >= 4 is 33.4 Å². The number of carbonyl (C=O) groups excluding carboxylic acids is 1. The zero-order chi connectivity index (χ0) is 28.4. The second-order valence-corrected chi connectivity index (χ2v) is 10.4. The van der Waals surface area contributed by atoms with Gasteiger partial charge in [0, 0.05) is 34.7 Å². The highest BCUT2D eigenvalue weighted by Crippen LogP contribution is 2.34. The fourth-order valence-electron chi connectivity index (χ4n) is 5.55. The number of nitrogens with one attached hydrogen (secondary N) is 3. The number of aromatic amines is 1. The Bertz CT molecular complexity index is 1680. The maximum absolute atomic E-state index is 13.5. The maximum Gasteiger partial charge on any atom is 0.433 e. The molecule has 41 heavy (non-hydrogen) atoms. The summed E-state index contributed by atoms with van der Waals surface area (Å²) in [6, 6.07) is 23.1. The molecule has 1 saturated carbocycles. The molecule has 1 aliphatic carbocycles. The minimum Gasteiger partial charge on any atom is -0.487 e. The lowest BCUT2D eigenvalue weighted by molar-refractivity contribution is -0.140. The molecule has 210 valence electrons. The number of nitrogens with zero attached hydrogens (tertiary/aromatic N) is 1. The van der Waals surface area contributed by atoms with Crippen LogP contribution in [-0.2, 0) is 12.8 Å². The van der Waals surface area contributed by atoms with Gasteiger partial charge in [0.15, 0.2) is 0 Å². The van der Waals surface area contributed by atoms with E-state index in [0.29, 0.717) is 35.4 Å². The topological polar surface area (TPSA) is 79.0 Å². The van der Waals surface area contributed by atoms with E-state index >= 15 is 0 Å². The van der Waals surface area contributed by atoms with E-state index in [2.05, 4.69) is 20.6 Å². The molecule has 1 aliphatic rings. The minimum absolute atomic E-state index is 0.0955. The first-order chi connectivity index (χ1) is 19.8. The summed E-state index contributed by atoms with van der Waals surface area (Å²) < 4.78 is 46.6. The van der Waals surface area contributed by atoms with Crippen molar-refractivity contribution in [1.29, 1.82) is 0 Å². The van der Waals surface area contributed by atoms with Crippen LogP contribution in [0.3, 0.4) is 0 Å². The number of para-hydroxylation sites is 2. The average Bonchev–Trinajstić information content (AvgIpc) is 3.41. The number of pyridine rings is 1. The number of hydrogen-bond donors (Lipinski definition) is 3. The molecule has 0 saturated heterocycles. The molecule has 6 rings (SSSR count). The van der Waals surface area contributed by atoms with Gasteiger partial charge >= 0.3 is 6.18 Å². The Morgan fingerprint density at radius 1 is 0.951 bits per heavy atom. The van der Waals surface area contributed by atoms with Gasteiger partial charge in [-0.3, -0.25) is 4.79 Å². The van der Waals surface area contributed by atoms with Gasteiger partial charge in [-0.1, -0.05) is 60.7 Å². The summed E-state index contributed by atoms with van der Waals surface area (Å²) in [6.45, 7) is 0.411. The van der Waals surface area contributed by atoms with E-state index in [0.717, 1.165) is 41.8 Å². The van der Waals surface area contributed by atoms with Crippen molar-refractivity contribution in [2.45, 2.75) is 50.6 Å². The number of halogens is 3. The second-order valence-electron chi connectivity index (χ2n) is 10.4. The van der Waals surface area contributed by atoms with Crippen LogP contribution in [0.5, 0.6) is 5.75 Å². The van der Waals surface area contributed by atoms with Crippen LogP contribution in [-0.4, -0.2) is 28.0 Å². The first-order valence-electron chi connectivity index (χ1n) is 13.7. The molecule has 0 radical (unpaired) electrons. The van der Waals surface area contributed by atoms with Crippen molar-refractivity contribution in [3.63, 3.8) is 0 Å². The molecule has 3 N–H and O–H groups in total. The number of benzene rings is 3. The van der Waals surface area contributed by atoms with Gasteiger partial charge in [0.25, 0.3) is 5.91 Å². The third-order valence-corrected chi connectivity index (χ3v) is 7.53. The summed E-state index contributed by atoms with van der Waals surface area (Å²) in [5.41, 5.74) is 2.09. The van der Waals surface area contributed by atoms with Crippen LogP contribution in [0.4, 0.5) is 18.9 Å². The molecule has 2 atom stereocenters. The van der Waals surface area contributed by atoms with E-state index in [1.54, 1.807) is 30.5 Å². The van der Waals surface area contributed by atoms with Crippen LogP contribution in [0.1, 0.15) is 47.3 Å². The molecule has 3 aromatic carbocycles. The highest BCUT2D eigenvalue weighted by atomic mass is 19.4. The lowest BCUT2D eigenvalue weighted by atomic mass is 9.90. The molecule has 5 aromatic rings. The largest absolute Gasteiger partial charge is 0.487 e. The summed E-state index contributed by atoms with van der Waals surface area (Å²) in [4.78, 5) is 20.3. The summed E-state index contributed by atoms with van der Waals surface area (Å²) in [6.07, 6.45) is 0.161. The number of aromatic nitrogens is 2. The van der Waals surface area contributed by atoms with Gasteiger partial charge in [0.2, 0.25) is 0 Å². The predicted molar refractivity (Wildman–Crippen MR) is 153 cm³/mol. The fraction of sp³-hybridized carbons (Fsp3) is 0.250. The molecule has 2 heterocycles. The van der Waals surface area contributed by atoms with Crippen LogP contribution in [0.15, 0.2) is 85.1 Å². The molecular formula is C32H29F3N4O2. The van der Waals surface area contributed by atoms with Gasteiger partial charge in [-0.2, -0.15) is 13.2 Å². The molecule has 6 nitrogen and oxygen atoms in total. The lowest BCUT2D eigenvalue weighted by Crippen LogP contribution is -2.41. The predicted octanol–water partition coefficient (Wildman–Crippen LogP) is 7.47. The van der Waals surface area contributed by atoms with Crippen LogP contribution in [0.25, 0.3) is 21.8 Å². The number of carbonyl (C=O) groups is 1. The Morgan fingerprint density at radius 2 is 1.71 bits per heavy atom. The number of amides is 1. The van der Waals surface area contributed by atoms with Crippen LogP contribution in [0.2, 0.25) is 0 Å². The van der Waals surface area contributed by atoms with Crippen molar-refractivity contribution in [2.75, 3.05) is 5.32 Å². The zero-order valence-electron chi connectivity index (χ0n) is 22.2. The molecule has 9 heteroatoms. The normalized spacial score (nSPS) is 17.4. The van der Waals surface area contributed by atoms with E-state index in [1.165, 1.54) is 0 Å². The Balaban J connectivity index is 1.15. The van der Waals surface area contributed by atoms with E-state index in [9.17, 15) is 18.0 Å². The summed E-state index contributed by atoms with van der Waals surface area (Å²) in [5, 5.41) is 7.87. The van der Waals surface area contributed by atoms with Crippen molar-refractivity contribution in [1.82, 2.24) is 15.3 Å². The van der Waals surface area contributed by atoms with Crippen molar-refractivity contribution in [2.24, 2.45) is 0 Å². The highest BCUT2D eigenvalue weighted by Gasteiger charge is 2.34. The first-order valence-corrected chi connectivity index (χ1v) is 13.7. The van der Waals surface area contributed by atoms with Crippen LogP contribution < -0.4 is 15.4 Å². The molecule has 2 aromatic heterocycles. The fourth-order valence-corrected chi connectivity index (χ4v) is 5.55. The van der Waals surface area contributed by atoms with Gasteiger partial charge in [-0.05, 0) is 49.4 Å². The Kier molecular flexibility index (Phi) is 7.26. The van der Waals surface area contributed by atoms with E-state index < -0.39 is 11.9 Å². The molecule has 0 unspecified atom stereocenters. The molecule has 1 fully saturated rings. The highest BCUT2D eigenvalue weighted by molar-refractivity contribution is 6.08. The Labute approximate surface area is 234 Å². The maximum atomic E-state index is 13.5. The monoisotopic (exact) mass is 558 g/mol. The molecule has 0 aliphatic heterocycles. The van der Waals surface area contributed by atoms with Gasteiger partial charge in [0.1, 0.15) is 18.1 Å². The molecule has 0 spiro atoms. The Morgan fingerprint density at radius 3 is 2.54 bits per heavy atom. The zero-order valence-corrected chi connectivity index (χ0v) is 22.2. The SMILES string of the molecule is O=C(N[C@@H]1CCC[C@H](Nc2cc(C(F)(F)F)nc3ccccc23)C1)c1c[nH]c2c(OCc3ccccc3)cccc12. The number of fused-ring (bicyclic) bond motifs is 2. The van der Waals surface area contributed by atoms with Gasteiger partial charge < -0.3 is 20.4 Å². The van der Waals surface area contributed by atoms with E-state index in [1.807, 2.05) is 48.5 Å². The lowest BCUT2D eigenvalue weighted by Gasteiger charge is -2.31. The standard InChI is InChI=1S/C32H29F3N4O2/c33-32(34,35)29-17-27(24-12-4-5-14-26(24)39-29)37-21-10-6-11-22(16-21)38-31(40)25-18-36-30-23(25)13-7-15-28(30)41-19-20-8-2-1-3-9-20/h1-5,7-9,12-15,17-18,21-22,36H,6,10-11,16,19H2,(H,37,39)(H,38,40)/t21-,22+/m0/s1. The summed E-state index contributed by atoms with van der Waals surface area (Å²) in [7, 11) is 0. The first kappa shape index (κ1) is 26.7. The average molecular weight is 559 g/mol. The van der Waals surface area contributed by atoms with Crippen LogP contribution >= 0.6 is 0 Å². The molecule has 0 bridgehead atoms. The summed E-state index contributed by atoms with van der Waals surface area (Å²) in [5.74, 6) is 0.464. The Hall–Kier alpha value is -4.53. The van der Waals surface area contributed by atoms with Gasteiger partial charge in [0.05, 0.1) is 16.6 Å². The van der Waals surface area contributed by atoms with E-state index in [4.69, 9.17) is 4.74 Å². The minimum atomic E-state index is -4.55. The molecule has 1 amide bonds.